The highest BCUT2D eigenvalue weighted by Gasteiger charge is 2.21. The minimum atomic E-state index is 0.00109. The second-order valence-electron chi connectivity index (χ2n) is 18.5. The van der Waals surface area contributed by atoms with Crippen molar-refractivity contribution >= 4 is 33.5 Å². The number of piperidine rings is 2. The summed E-state index contributed by atoms with van der Waals surface area (Å²) in [6, 6.07) is 0. The number of allylic oxidation sites excluding steroid dienone is 6. The lowest BCUT2D eigenvalue weighted by molar-refractivity contribution is -0.145. The van der Waals surface area contributed by atoms with Crippen LogP contribution in [0.25, 0.3) is 0 Å². The Morgan fingerprint density at radius 3 is 1.19 bits per heavy atom. The zero-order valence-electron chi connectivity index (χ0n) is 40.7. The highest BCUT2D eigenvalue weighted by atomic mass is 33.1. The maximum atomic E-state index is 12.3. The van der Waals surface area contributed by atoms with Crippen LogP contribution in [-0.4, -0.2) is 85.7 Å². The van der Waals surface area contributed by atoms with E-state index in [-0.39, 0.29) is 11.9 Å². The minimum Gasteiger partial charge on any atom is -0.466 e. The molecule has 0 aromatic heterocycles. The summed E-state index contributed by atoms with van der Waals surface area (Å²) >= 11 is 0. The molecule has 2 heterocycles. The molecule has 0 saturated carbocycles. The van der Waals surface area contributed by atoms with Crippen molar-refractivity contribution in [1.29, 1.82) is 0 Å². The van der Waals surface area contributed by atoms with Gasteiger partial charge in [0.2, 0.25) is 0 Å². The van der Waals surface area contributed by atoms with Crippen molar-refractivity contribution in [3.63, 3.8) is 0 Å². The Morgan fingerprint density at radius 2 is 0.806 bits per heavy atom. The van der Waals surface area contributed by atoms with E-state index in [1.54, 1.807) is 0 Å². The first kappa shape index (κ1) is 56.9. The lowest BCUT2D eigenvalue weighted by Gasteiger charge is -2.32. The van der Waals surface area contributed by atoms with Crippen LogP contribution in [0.2, 0.25) is 0 Å². The van der Waals surface area contributed by atoms with Gasteiger partial charge in [0.15, 0.2) is 0 Å². The fourth-order valence-electron chi connectivity index (χ4n) is 8.69. The van der Waals surface area contributed by atoms with Gasteiger partial charge in [-0.25, -0.2) is 0 Å². The Balaban J connectivity index is 1.29. The van der Waals surface area contributed by atoms with Crippen molar-refractivity contribution in [1.82, 2.24) is 9.80 Å². The summed E-state index contributed by atoms with van der Waals surface area (Å²) in [5.41, 5.74) is 0. The molecule has 360 valence electrons. The van der Waals surface area contributed by atoms with Crippen molar-refractivity contribution in [2.45, 2.75) is 219 Å². The van der Waals surface area contributed by atoms with Crippen LogP contribution < -0.4 is 0 Å². The molecule has 8 heteroatoms. The maximum absolute atomic E-state index is 12.3. The summed E-state index contributed by atoms with van der Waals surface area (Å²) in [7, 11) is 4.07. The lowest BCUT2D eigenvalue weighted by Crippen LogP contribution is -2.36. The van der Waals surface area contributed by atoms with Gasteiger partial charge in [-0.2, -0.15) is 0 Å². The summed E-state index contributed by atoms with van der Waals surface area (Å²) in [5, 5.41) is 0. The van der Waals surface area contributed by atoms with Crippen molar-refractivity contribution in [2.75, 3.05) is 64.0 Å². The third kappa shape index (κ3) is 36.1. The zero-order chi connectivity index (χ0) is 44.2. The van der Waals surface area contributed by atoms with E-state index < -0.39 is 0 Å². The van der Waals surface area contributed by atoms with E-state index in [0.29, 0.717) is 37.9 Å². The molecule has 0 aromatic rings. The Bertz CT molecular complexity index is 1100. The first-order valence-corrected chi connectivity index (χ1v) is 29.0. The number of carbonyl (C=O) groups excluding carboxylic acids is 2. The van der Waals surface area contributed by atoms with Crippen LogP contribution in [0, 0.1) is 11.8 Å². The Hall–Kier alpha value is -1.22. The topological polar surface area (TPSA) is 59.1 Å². The van der Waals surface area contributed by atoms with Gasteiger partial charge in [-0.1, -0.05) is 155 Å². The normalized spacial score (nSPS) is 16.1. The van der Waals surface area contributed by atoms with Gasteiger partial charge in [-0.05, 0) is 147 Å². The molecule has 2 aliphatic rings. The average molecular weight is 904 g/mol. The van der Waals surface area contributed by atoms with Crippen LogP contribution in [0.15, 0.2) is 36.5 Å². The predicted molar refractivity (Wildman–Crippen MR) is 273 cm³/mol. The molecule has 2 aliphatic heterocycles. The molecule has 0 bridgehead atoms. The molecule has 2 fully saturated rings. The van der Waals surface area contributed by atoms with Crippen LogP contribution in [-0.2, 0) is 19.1 Å². The summed E-state index contributed by atoms with van der Waals surface area (Å²) < 4.78 is 11.2. The number of unbranched alkanes of at least 4 members (excludes halogenated alkanes) is 19. The molecule has 2 rings (SSSR count). The fraction of sp³-hybridized carbons (Fsp3) is 0.852. The van der Waals surface area contributed by atoms with Gasteiger partial charge >= 0.3 is 11.9 Å². The van der Waals surface area contributed by atoms with Crippen molar-refractivity contribution in [3.8, 4) is 0 Å². The molecule has 62 heavy (non-hydrogen) atoms. The third-order valence-corrected chi connectivity index (χ3v) is 15.4. The van der Waals surface area contributed by atoms with E-state index in [9.17, 15) is 9.59 Å². The molecule has 2 saturated heterocycles. The highest BCUT2D eigenvalue weighted by molar-refractivity contribution is 8.76. The molecular formula is C54H98N2O4S2. The van der Waals surface area contributed by atoms with Gasteiger partial charge < -0.3 is 19.3 Å². The van der Waals surface area contributed by atoms with Gasteiger partial charge in [-0.3, -0.25) is 9.59 Å². The second-order valence-corrected chi connectivity index (χ2v) is 21.2. The number of nitrogens with zero attached hydrogens (tertiary/aromatic N) is 2. The van der Waals surface area contributed by atoms with E-state index >= 15 is 0 Å². The third-order valence-electron chi connectivity index (χ3n) is 13.0. The molecule has 0 amide bonds. The smallest absolute Gasteiger partial charge is 0.305 e. The van der Waals surface area contributed by atoms with E-state index in [4.69, 9.17) is 9.47 Å². The summed E-state index contributed by atoms with van der Waals surface area (Å²) in [5.74, 6) is 3.80. The van der Waals surface area contributed by atoms with Gasteiger partial charge in [0, 0.05) is 37.4 Å². The lowest BCUT2D eigenvalue weighted by atomic mass is 9.94. The highest BCUT2D eigenvalue weighted by Crippen LogP contribution is 2.26. The average Bonchev–Trinajstić information content (AvgIpc) is 3.28. The van der Waals surface area contributed by atoms with Gasteiger partial charge in [0.05, 0.1) is 13.2 Å². The van der Waals surface area contributed by atoms with Gasteiger partial charge in [0.1, 0.15) is 0 Å². The summed E-state index contributed by atoms with van der Waals surface area (Å²) in [6.07, 6.45) is 52.0. The second kappa shape index (κ2) is 43.7. The number of hydrogen-bond acceptors (Lipinski definition) is 8. The monoisotopic (exact) mass is 903 g/mol. The van der Waals surface area contributed by atoms with Gasteiger partial charge in [0.25, 0.3) is 0 Å². The van der Waals surface area contributed by atoms with Crippen molar-refractivity contribution in [2.24, 2.45) is 11.8 Å². The Labute approximate surface area is 392 Å². The van der Waals surface area contributed by atoms with Crippen molar-refractivity contribution in [3.05, 3.63) is 36.5 Å². The van der Waals surface area contributed by atoms with Gasteiger partial charge in [-0.15, -0.1) is 0 Å². The Kier molecular flexibility index (Phi) is 40.1. The quantitative estimate of drug-likeness (QED) is 0.0260. The first-order valence-electron chi connectivity index (χ1n) is 26.6. The molecule has 0 spiro atoms. The number of ether oxygens (including phenoxy) is 2. The molecule has 0 unspecified atom stereocenters. The number of likely N-dealkylation sites (tertiary alicyclic amines) is 2. The molecule has 0 atom stereocenters. The summed E-state index contributed by atoms with van der Waals surface area (Å²) in [4.78, 5) is 29.7. The minimum absolute atomic E-state index is 0.00109. The van der Waals surface area contributed by atoms with Crippen LogP contribution in [0.5, 0.6) is 0 Å². The van der Waals surface area contributed by atoms with E-state index in [1.165, 1.54) is 198 Å². The van der Waals surface area contributed by atoms with Crippen molar-refractivity contribution < 1.29 is 19.1 Å². The number of hydrogen-bond donors (Lipinski definition) is 0. The van der Waals surface area contributed by atoms with Crippen LogP contribution in [0.3, 0.4) is 0 Å². The molecular weight excluding hydrogens is 805 g/mol. The molecule has 0 aliphatic carbocycles. The SMILES string of the molecule is CCCCC/C=C\C/C=C\CCCCCCCC(=O)OCCC1CCN(CCSSCCN2CCC(CCOC(=O)CCCCCCCCCC/C=C\CCCCC)CC2)CC1. The first-order chi connectivity index (χ1) is 30.6. The maximum Gasteiger partial charge on any atom is 0.305 e. The standard InChI is InChI=1S/C54H98N2O4S2/c1-3-5-7-9-11-13-15-17-19-21-23-25-27-29-31-33-53(57)59-47-39-51-35-41-55(42-36-51)45-49-61-62-50-46-56-43-37-52(38-44-56)40-48-60-54(58)34-32-30-28-26-24-22-20-18-16-14-12-10-8-6-4-2/h11-14,17,19,51-52H,3-10,15-16,18,20-50H2,1-2H3/b13-11-,14-12-,19-17-. The molecule has 6 nitrogen and oxygen atoms in total. The number of carbonyl (C=O) groups is 2. The van der Waals surface area contributed by atoms with E-state index in [0.717, 1.165) is 44.9 Å². The predicted octanol–water partition coefficient (Wildman–Crippen LogP) is 15.5. The summed E-state index contributed by atoms with van der Waals surface area (Å²) in [6.45, 7) is 12.8. The molecule has 0 aromatic carbocycles. The Morgan fingerprint density at radius 1 is 0.468 bits per heavy atom. The fourth-order valence-corrected chi connectivity index (χ4v) is 10.7. The van der Waals surface area contributed by atoms with Crippen LogP contribution >= 0.6 is 21.6 Å². The van der Waals surface area contributed by atoms with E-state index in [1.807, 2.05) is 21.6 Å². The molecule has 0 radical (unpaired) electrons. The zero-order valence-corrected chi connectivity index (χ0v) is 42.3. The molecule has 0 N–H and O–H groups in total. The van der Waals surface area contributed by atoms with Crippen LogP contribution in [0.4, 0.5) is 0 Å². The number of rotatable bonds is 42. The largest absolute Gasteiger partial charge is 0.466 e. The van der Waals surface area contributed by atoms with E-state index in [2.05, 4.69) is 60.1 Å². The number of esters is 2. The van der Waals surface area contributed by atoms with Crippen LogP contribution in [0.1, 0.15) is 219 Å².